The van der Waals surface area contributed by atoms with Crippen molar-refractivity contribution in [1.29, 1.82) is 0 Å². The number of carbonyl (C=O) groups is 2. The second kappa shape index (κ2) is 5.39. The van der Waals surface area contributed by atoms with E-state index in [1.165, 1.54) is 18.4 Å². The summed E-state index contributed by atoms with van der Waals surface area (Å²) in [4.78, 5) is 23.0. The van der Waals surface area contributed by atoms with Crippen molar-refractivity contribution in [1.82, 2.24) is 0 Å². The third-order valence-electron chi connectivity index (χ3n) is 2.06. The molecule has 0 atom stereocenters. The number of nitrogens with one attached hydrogen (secondary N) is 1. The standard InChI is InChI=1S/C12H17NO4S/c1-7-8(10(14)16-5)6-18-9(7)13-11(15)17-12(2,3)4/h6H,1-5H3,(H,13,15). The molecule has 1 aromatic rings. The van der Waals surface area contributed by atoms with E-state index < -0.39 is 17.7 Å². The zero-order chi connectivity index (χ0) is 13.9. The van der Waals surface area contributed by atoms with Gasteiger partial charge in [0.25, 0.3) is 0 Å². The zero-order valence-electron chi connectivity index (χ0n) is 11.1. The van der Waals surface area contributed by atoms with E-state index in [-0.39, 0.29) is 0 Å². The Morgan fingerprint density at radius 2 is 1.94 bits per heavy atom. The van der Waals surface area contributed by atoms with Crippen LogP contribution in [0.4, 0.5) is 9.80 Å². The molecule has 1 heterocycles. The topological polar surface area (TPSA) is 64.6 Å². The average molecular weight is 271 g/mol. The lowest BCUT2D eigenvalue weighted by molar-refractivity contribution is 0.0596. The van der Waals surface area contributed by atoms with Crippen molar-refractivity contribution in [2.75, 3.05) is 12.4 Å². The lowest BCUT2D eigenvalue weighted by Crippen LogP contribution is -2.27. The first kappa shape index (κ1) is 14.5. The van der Waals surface area contributed by atoms with Crippen LogP contribution in [-0.4, -0.2) is 24.8 Å². The molecule has 6 heteroatoms. The second-order valence-electron chi connectivity index (χ2n) is 4.72. The van der Waals surface area contributed by atoms with Crippen LogP contribution in [0.15, 0.2) is 5.38 Å². The van der Waals surface area contributed by atoms with Gasteiger partial charge in [-0.25, -0.2) is 9.59 Å². The predicted octanol–water partition coefficient (Wildman–Crippen LogP) is 3.19. The van der Waals surface area contributed by atoms with Crippen molar-refractivity contribution < 1.29 is 19.1 Å². The Hall–Kier alpha value is -1.56. The first-order valence-electron chi connectivity index (χ1n) is 5.41. The molecule has 100 valence electrons. The number of rotatable bonds is 2. The molecule has 0 radical (unpaired) electrons. The van der Waals surface area contributed by atoms with Crippen molar-refractivity contribution in [2.24, 2.45) is 0 Å². The van der Waals surface area contributed by atoms with Crippen LogP contribution in [0.1, 0.15) is 36.7 Å². The molecule has 0 bridgehead atoms. The second-order valence-corrected chi connectivity index (χ2v) is 5.60. The van der Waals surface area contributed by atoms with E-state index >= 15 is 0 Å². The minimum atomic E-state index is -0.555. The smallest absolute Gasteiger partial charge is 0.412 e. The predicted molar refractivity (Wildman–Crippen MR) is 70.3 cm³/mol. The maximum absolute atomic E-state index is 11.6. The first-order valence-corrected chi connectivity index (χ1v) is 6.29. The molecule has 0 aliphatic rings. The van der Waals surface area contributed by atoms with E-state index in [1.807, 2.05) is 0 Å². The molecule has 0 fully saturated rings. The van der Waals surface area contributed by atoms with E-state index in [0.717, 1.165) is 0 Å². The fourth-order valence-corrected chi connectivity index (χ4v) is 2.19. The molecule has 18 heavy (non-hydrogen) atoms. The fraction of sp³-hybridized carbons (Fsp3) is 0.500. The Morgan fingerprint density at radius 3 is 2.44 bits per heavy atom. The molecule has 1 aromatic heterocycles. The highest BCUT2D eigenvalue weighted by Crippen LogP contribution is 2.28. The van der Waals surface area contributed by atoms with Crippen molar-refractivity contribution in [3.63, 3.8) is 0 Å². The Bertz CT molecular complexity index is 459. The van der Waals surface area contributed by atoms with Crippen molar-refractivity contribution in [3.05, 3.63) is 16.5 Å². The Kier molecular flexibility index (Phi) is 4.34. The van der Waals surface area contributed by atoms with E-state index in [4.69, 9.17) is 4.74 Å². The van der Waals surface area contributed by atoms with Crippen LogP contribution in [0.3, 0.4) is 0 Å². The van der Waals surface area contributed by atoms with Crippen molar-refractivity contribution in [2.45, 2.75) is 33.3 Å². The molecular weight excluding hydrogens is 254 g/mol. The number of thiophene rings is 1. The number of carbonyl (C=O) groups excluding carboxylic acids is 2. The van der Waals surface area contributed by atoms with Crippen molar-refractivity contribution in [3.8, 4) is 0 Å². The van der Waals surface area contributed by atoms with Gasteiger partial charge in [-0.05, 0) is 33.3 Å². The van der Waals surface area contributed by atoms with E-state index in [9.17, 15) is 9.59 Å². The molecule has 1 amide bonds. The maximum Gasteiger partial charge on any atom is 0.412 e. The molecule has 1 N–H and O–H groups in total. The Morgan fingerprint density at radius 1 is 1.33 bits per heavy atom. The molecule has 0 spiro atoms. The molecule has 0 aromatic carbocycles. The lowest BCUT2D eigenvalue weighted by Gasteiger charge is -2.19. The van der Waals surface area contributed by atoms with Gasteiger partial charge in [0.2, 0.25) is 0 Å². The highest BCUT2D eigenvalue weighted by Gasteiger charge is 2.20. The summed E-state index contributed by atoms with van der Waals surface area (Å²) in [7, 11) is 1.32. The number of hydrogen-bond acceptors (Lipinski definition) is 5. The minimum Gasteiger partial charge on any atom is -0.465 e. The number of esters is 1. The van der Waals surface area contributed by atoms with E-state index in [1.54, 1.807) is 33.1 Å². The van der Waals surface area contributed by atoms with Gasteiger partial charge in [0, 0.05) is 5.38 Å². The van der Waals surface area contributed by atoms with Crippen LogP contribution in [0.25, 0.3) is 0 Å². The van der Waals surface area contributed by atoms with Gasteiger partial charge in [0.15, 0.2) is 0 Å². The van der Waals surface area contributed by atoms with Crippen LogP contribution in [-0.2, 0) is 9.47 Å². The van der Waals surface area contributed by atoms with E-state index in [2.05, 4.69) is 10.1 Å². The van der Waals surface area contributed by atoms with Crippen LogP contribution >= 0.6 is 11.3 Å². The van der Waals surface area contributed by atoms with Gasteiger partial charge in [-0.15, -0.1) is 11.3 Å². The quantitative estimate of drug-likeness (QED) is 0.839. The lowest BCUT2D eigenvalue weighted by atomic mass is 10.2. The normalized spacial score (nSPS) is 10.9. The molecule has 0 aliphatic heterocycles. The molecule has 0 saturated heterocycles. The number of methoxy groups -OCH3 is 1. The summed E-state index contributed by atoms with van der Waals surface area (Å²) in [5.74, 6) is -0.416. The molecule has 0 unspecified atom stereocenters. The van der Waals surface area contributed by atoms with Gasteiger partial charge in [-0.2, -0.15) is 0 Å². The van der Waals surface area contributed by atoms with Gasteiger partial charge in [0.1, 0.15) is 10.6 Å². The summed E-state index contributed by atoms with van der Waals surface area (Å²) in [5.41, 5.74) is 0.576. The minimum absolute atomic E-state index is 0.416. The summed E-state index contributed by atoms with van der Waals surface area (Å²) >= 11 is 1.26. The van der Waals surface area contributed by atoms with Gasteiger partial charge in [-0.3, -0.25) is 5.32 Å². The SMILES string of the molecule is COC(=O)c1csc(NC(=O)OC(C)(C)C)c1C. The summed E-state index contributed by atoms with van der Waals surface area (Å²) < 4.78 is 9.77. The first-order chi connectivity index (χ1) is 8.24. The van der Waals surface area contributed by atoms with Gasteiger partial charge >= 0.3 is 12.1 Å². The van der Waals surface area contributed by atoms with Crippen LogP contribution < -0.4 is 5.32 Å². The molecule has 0 saturated carbocycles. The number of amides is 1. The summed E-state index contributed by atoms with van der Waals surface area (Å²) in [5, 5.41) is 4.85. The molecule has 0 aliphatic carbocycles. The van der Waals surface area contributed by atoms with Gasteiger partial charge < -0.3 is 9.47 Å². The number of ether oxygens (including phenoxy) is 2. The summed E-state index contributed by atoms with van der Waals surface area (Å²) in [6, 6.07) is 0. The summed E-state index contributed by atoms with van der Waals surface area (Å²) in [6.07, 6.45) is -0.538. The largest absolute Gasteiger partial charge is 0.465 e. The molecule has 1 rings (SSSR count). The van der Waals surface area contributed by atoms with Crippen LogP contribution in [0.2, 0.25) is 0 Å². The van der Waals surface area contributed by atoms with Gasteiger partial charge in [-0.1, -0.05) is 0 Å². The van der Waals surface area contributed by atoms with Crippen LogP contribution in [0, 0.1) is 6.92 Å². The highest BCUT2D eigenvalue weighted by atomic mass is 32.1. The number of hydrogen-bond donors (Lipinski definition) is 1. The Labute approximate surface area is 110 Å². The highest BCUT2D eigenvalue weighted by molar-refractivity contribution is 7.14. The monoisotopic (exact) mass is 271 g/mol. The molecule has 5 nitrogen and oxygen atoms in total. The molecular formula is C12H17NO4S. The zero-order valence-corrected chi connectivity index (χ0v) is 11.9. The maximum atomic E-state index is 11.6. The number of anilines is 1. The third-order valence-corrected chi connectivity index (χ3v) is 3.06. The fourth-order valence-electron chi connectivity index (χ4n) is 1.25. The van der Waals surface area contributed by atoms with Crippen molar-refractivity contribution >= 4 is 28.4 Å². The van der Waals surface area contributed by atoms with Crippen LogP contribution in [0.5, 0.6) is 0 Å². The van der Waals surface area contributed by atoms with Gasteiger partial charge in [0.05, 0.1) is 12.7 Å². The Balaban J connectivity index is 2.78. The average Bonchev–Trinajstić information content (AvgIpc) is 2.57. The summed E-state index contributed by atoms with van der Waals surface area (Å²) in [6.45, 7) is 7.10. The van der Waals surface area contributed by atoms with E-state index in [0.29, 0.717) is 16.1 Å². The third kappa shape index (κ3) is 3.73.